The van der Waals surface area contributed by atoms with E-state index in [1.165, 1.54) is 90.0 Å². The Balaban J connectivity index is 1.71. The second-order valence-electron chi connectivity index (χ2n) is 6.52. The highest BCUT2D eigenvalue weighted by Crippen LogP contribution is 2.30. The zero-order valence-corrected chi connectivity index (χ0v) is 12.9. The minimum atomic E-state index is 0.513. The molecule has 1 heteroatoms. The van der Waals surface area contributed by atoms with Crippen molar-refractivity contribution >= 4 is 0 Å². The molecule has 18 heavy (non-hydrogen) atoms. The molecule has 0 aromatic rings. The summed E-state index contributed by atoms with van der Waals surface area (Å²) in [6.07, 6.45) is 18.6. The third-order valence-corrected chi connectivity index (χ3v) is 4.54. The van der Waals surface area contributed by atoms with Crippen LogP contribution in [0.4, 0.5) is 0 Å². The van der Waals surface area contributed by atoms with E-state index >= 15 is 0 Å². The first-order chi connectivity index (χ1) is 8.77. The van der Waals surface area contributed by atoms with Crippen LogP contribution >= 0.6 is 0 Å². The smallest absolute Gasteiger partial charge is 0.0153 e. The fourth-order valence-electron chi connectivity index (χ4n) is 2.89. The van der Waals surface area contributed by atoms with Crippen LogP contribution < -0.4 is 5.32 Å². The van der Waals surface area contributed by atoms with Crippen molar-refractivity contribution in [2.75, 3.05) is 6.54 Å². The highest BCUT2D eigenvalue weighted by molar-refractivity contribution is 4.91. The largest absolute Gasteiger partial charge is 0.312 e. The Hall–Kier alpha value is -0.0400. The summed E-state index contributed by atoms with van der Waals surface area (Å²) in [6.45, 7) is 5.91. The van der Waals surface area contributed by atoms with Gasteiger partial charge in [0.1, 0.15) is 0 Å². The van der Waals surface area contributed by atoms with Crippen molar-refractivity contribution in [1.82, 2.24) is 5.32 Å². The first-order valence-corrected chi connectivity index (χ1v) is 8.52. The van der Waals surface area contributed by atoms with Gasteiger partial charge in [0.15, 0.2) is 0 Å². The van der Waals surface area contributed by atoms with Gasteiger partial charge >= 0.3 is 0 Å². The molecule has 0 radical (unpaired) electrons. The highest BCUT2D eigenvalue weighted by atomic mass is 15.0. The standard InChI is InChI=1S/C17H35N/c1-3-4-5-6-7-8-9-10-11-12-16-18-17(2)14-13-15-17/h18H,3-16H2,1-2H3. The summed E-state index contributed by atoms with van der Waals surface area (Å²) < 4.78 is 0. The van der Waals surface area contributed by atoms with Gasteiger partial charge < -0.3 is 5.32 Å². The predicted molar refractivity (Wildman–Crippen MR) is 82.1 cm³/mol. The van der Waals surface area contributed by atoms with Crippen LogP contribution in [0.2, 0.25) is 0 Å². The molecule has 0 bridgehead atoms. The number of unbranched alkanes of at least 4 members (excludes halogenated alkanes) is 9. The lowest BCUT2D eigenvalue weighted by atomic mass is 9.78. The topological polar surface area (TPSA) is 12.0 Å². The van der Waals surface area contributed by atoms with Crippen molar-refractivity contribution in [2.45, 2.75) is 103 Å². The van der Waals surface area contributed by atoms with Crippen LogP contribution in [0.3, 0.4) is 0 Å². The van der Waals surface area contributed by atoms with Gasteiger partial charge in [0.05, 0.1) is 0 Å². The predicted octanol–water partition coefficient (Wildman–Crippen LogP) is 5.44. The lowest BCUT2D eigenvalue weighted by Gasteiger charge is -2.39. The molecule has 1 N–H and O–H groups in total. The van der Waals surface area contributed by atoms with Crippen molar-refractivity contribution in [3.05, 3.63) is 0 Å². The van der Waals surface area contributed by atoms with E-state index < -0.39 is 0 Å². The van der Waals surface area contributed by atoms with Crippen molar-refractivity contribution < 1.29 is 0 Å². The molecule has 0 amide bonds. The molecule has 0 heterocycles. The van der Waals surface area contributed by atoms with Gasteiger partial charge in [-0.05, 0) is 39.2 Å². The van der Waals surface area contributed by atoms with Crippen LogP contribution in [-0.4, -0.2) is 12.1 Å². The Labute approximate surface area is 115 Å². The molecular weight excluding hydrogens is 218 g/mol. The van der Waals surface area contributed by atoms with Crippen molar-refractivity contribution in [1.29, 1.82) is 0 Å². The number of hydrogen-bond donors (Lipinski definition) is 1. The Bertz CT molecular complexity index is 184. The average Bonchev–Trinajstić information content (AvgIpc) is 2.34. The molecule has 0 aromatic heterocycles. The minimum absolute atomic E-state index is 0.513. The van der Waals surface area contributed by atoms with Gasteiger partial charge in [-0.15, -0.1) is 0 Å². The summed E-state index contributed by atoms with van der Waals surface area (Å²) in [5.41, 5.74) is 0.513. The molecule has 0 spiro atoms. The maximum atomic E-state index is 3.72. The summed E-state index contributed by atoms with van der Waals surface area (Å²) in [7, 11) is 0. The quantitative estimate of drug-likeness (QED) is 0.457. The molecular formula is C17H35N. The van der Waals surface area contributed by atoms with Gasteiger partial charge in [-0.3, -0.25) is 0 Å². The SMILES string of the molecule is CCCCCCCCCCCCNC1(C)CCC1. The molecule has 1 fully saturated rings. The van der Waals surface area contributed by atoms with Gasteiger partial charge in [-0.2, -0.15) is 0 Å². The molecule has 1 saturated carbocycles. The third-order valence-electron chi connectivity index (χ3n) is 4.54. The van der Waals surface area contributed by atoms with E-state index in [0.29, 0.717) is 5.54 Å². The maximum absolute atomic E-state index is 3.72. The fourth-order valence-corrected chi connectivity index (χ4v) is 2.89. The average molecular weight is 253 g/mol. The van der Waals surface area contributed by atoms with Crippen molar-refractivity contribution in [2.24, 2.45) is 0 Å². The van der Waals surface area contributed by atoms with Gasteiger partial charge in [-0.1, -0.05) is 64.7 Å². The highest BCUT2D eigenvalue weighted by Gasteiger charge is 2.30. The van der Waals surface area contributed by atoms with Crippen LogP contribution in [0.1, 0.15) is 97.3 Å². The van der Waals surface area contributed by atoms with Gasteiger partial charge in [-0.25, -0.2) is 0 Å². The van der Waals surface area contributed by atoms with Crippen LogP contribution in [0.5, 0.6) is 0 Å². The first kappa shape index (κ1) is 16.0. The molecule has 108 valence electrons. The molecule has 0 aliphatic heterocycles. The van der Waals surface area contributed by atoms with Gasteiger partial charge in [0, 0.05) is 5.54 Å². The Morgan fingerprint density at radius 2 is 1.28 bits per heavy atom. The van der Waals surface area contributed by atoms with E-state index in [1.54, 1.807) is 0 Å². The van der Waals surface area contributed by atoms with E-state index in [2.05, 4.69) is 19.2 Å². The van der Waals surface area contributed by atoms with Crippen molar-refractivity contribution in [3.8, 4) is 0 Å². The van der Waals surface area contributed by atoms with Crippen molar-refractivity contribution in [3.63, 3.8) is 0 Å². The summed E-state index contributed by atoms with van der Waals surface area (Å²) in [5.74, 6) is 0. The molecule has 1 aliphatic carbocycles. The summed E-state index contributed by atoms with van der Waals surface area (Å²) >= 11 is 0. The second-order valence-corrected chi connectivity index (χ2v) is 6.52. The van der Waals surface area contributed by atoms with Crippen LogP contribution in [0, 0.1) is 0 Å². The molecule has 1 rings (SSSR count). The summed E-state index contributed by atoms with van der Waals surface area (Å²) in [6, 6.07) is 0. The summed E-state index contributed by atoms with van der Waals surface area (Å²) in [4.78, 5) is 0. The Morgan fingerprint density at radius 1 is 0.778 bits per heavy atom. The van der Waals surface area contributed by atoms with Crippen LogP contribution in [0.15, 0.2) is 0 Å². The first-order valence-electron chi connectivity index (χ1n) is 8.52. The van der Waals surface area contributed by atoms with Gasteiger partial charge in [0.25, 0.3) is 0 Å². The molecule has 0 unspecified atom stereocenters. The lowest BCUT2D eigenvalue weighted by Crippen LogP contribution is -2.48. The summed E-state index contributed by atoms with van der Waals surface area (Å²) in [5, 5.41) is 3.72. The molecule has 1 aliphatic rings. The van der Waals surface area contributed by atoms with E-state index in [0.717, 1.165) is 0 Å². The van der Waals surface area contributed by atoms with Crippen LogP contribution in [-0.2, 0) is 0 Å². The molecule has 1 nitrogen and oxygen atoms in total. The zero-order chi connectivity index (χ0) is 13.1. The molecule has 0 aromatic carbocycles. The van der Waals surface area contributed by atoms with E-state index in [9.17, 15) is 0 Å². The Morgan fingerprint density at radius 3 is 1.72 bits per heavy atom. The maximum Gasteiger partial charge on any atom is 0.0153 e. The molecule has 0 atom stereocenters. The molecule has 0 saturated heterocycles. The third kappa shape index (κ3) is 7.41. The van der Waals surface area contributed by atoms with E-state index in [4.69, 9.17) is 0 Å². The Kier molecular flexibility index (Phi) is 8.75. The number of hydrogen-bond acceptors (Lipinski definition) is 1. The van der Waals surface area contributed by atoms with Crippen LogP contribution in [0.25, 0.3) is 0 Å². The normalized spacial score (nSPS) is 17.7. The van der Waals surface area contributed by atoms with E-state index in [1.807, 2.05) is 0 Å². The fraction of sp³-hybridized carbons (Fsp3) is 1.00. The second kappa shape index (κ2) is 9.83. The number of nitrogens with one attached hydrogen (secondary N) is 1. The zero-order valence-electron chi connectivity index (χ0n) is 12.9. The monoisotopic (exact) mass is 253 g/mol. The number of rotatable bonds is 12. The van der Waals surface area contributed by atoms with E-state index in [-0.39, 0.29) is 0 Å². The lowest BCUT2D eigenvalue weighted by molar-refractivity contribution is 0.208. The van der Waals surface area contributed by atoms with Gasteiger partial charge in [0.2, 0.25) is 0 Å². The minimum Gasteiger partial charge on any atom is -0.312 e.